The van der Waals surface area contributed by atoms with E-state index in [9.17, 15) is 8.42 Å². The van der Waals surface area contributed by atoms with Gasteiger partial charge >= 0.3 is 0 Å². The second-order valence-corrected chi connectivity index (χ2v) is 6.07. The normalized spacial score (nSPS) is 19.6. The first kappa shape index (κ1) is 14.3. The number of nitrogens with one attached hydrogen (secondary N) is 1. The van der Waals surface area contributed by atoms with E-state index in [2.05, 4.69) is 4.72 Å². The molecule has 1 aliphatic rings. The molecule has 19 heavy (non-hydrogen) atoms. The van der Waals surface area contributed by atoms with Gasteiger partial charge in [0.25, 0.3) is 0 Å². The average Bonchev–Trinajstić information content (AvgIpc) is 2.89. The van der Waals surface area contributed by atoms with Crippen molar-refractivity contribution in [2.75, 3.05) is 20.3 Å². The number of ether oxygens (including phenoxy) is 2. The number of hydrogen-bond donors (Lipinski definition) is 2. The van der Waals surface area contributed by atoms with Crippen LogP contribution >= 0.6 is 0 Å². The summed E-state index contributed by atoms with van der Waals surface area (Å²) in [4.78, 5) is 0.195. The molecule has 6 nitrogen and oxygen atoms in total. The van der Waals surface area contributed by atoms with Crippen LogP contribution < -0.4 is 15.2 Å². The highest BCUT2D eigenvalue weighted by Crippen LogP contribution is 2.22. The Morgan fingerprint density at radius 3 is 2.89 bits per heavy atom. The maximum absolute atomic E-state index is 12.2. The predicted octanol–water partition coefficient (Wildman–Crippen LogP) is 0.221. The van der Waals surface area contributed by atoms with Crippen molar-refractivity contribution in [1.29, 1.82) is 0 Å². The number of nitrogens with two attached hydrogens (primary N) is 1. The molecule has 0 aliphatic carbocycles. The molecule has 106 valence electrons. The lowest BCUT2D eigenvalue weighted by atomic mass is 10.2. The van der Waals surface area contributed by atoms with Gasteiger partial charge in [-0.25, -0.2) is 13.1 Å². The van der Waals surface area contributed by atoms with Crippen molar-refractivity contribution in [1.82, 2.24) is 4.72 Å². The smallest absolute Gasteiger partial charge is 0.240 e. The molecule has 1 aromatic carbocycles. The first-order valence-electron chi connectivity index (χ1n) is 6.04. The van der Waals surface area contributed by atoms with E-state index in [1.165, 1.54) is 19.2 Å². The number of hydrogen-bond acceptors (Lipinski definition) is 5. The molecule has 3 N–H and O–H groups in total. The van der Waals surface area contributed by atoms with Gasteiger partial charge in [0.15, 0.2) is 0 Å². The van der Waals surface area contributed by atoms with E-state index >= 15 is 0 Å². The summed E-state index contributed by atoms with van der Waals surface area (Å²) in [5.41, 5.74) is 6.25. The SMILES string of the molecule is COc1ccc(S(=O)(=O)NC2CCOC2)cc1CN. The van der Waals surface area contributed by atoms with Crippen LogP contribution in [0.25, 0.3) is 0 Å². The minimum Gasteiger partial charge on any atom is -0.496 e. The van der Waals surface area contributed by atoms with Crippen LogP contribution in [0, 0.1) is 0 Å². The Balaban J connectivity index is 2.24. The van der Waals surface area contributed by atoms with E-state index in [4.69, 9.17) is 15.2 Å². The minimum atomic E-state index is -3.54. The third-order valence-corrected chi connectivity index (χ3v) is 4.55. The van der Waals surface area contributed by atoms with Gasteiger partial charge in [-0.3, -0.25) is 0 Å². The summed E-state index contributed by atoms with van der Waals surface area (Å²) in [5, 5.41) is 0. The van der Waals surface area contributed by atoms with Gasteiger partial charge in [-0.15, -0.1) is 0 Å². The van der Waals surface area contributed by atoms with Crippen LogP contribution in [-0.2, 0) is 21.3 Å². The molecule has 0 saturated carbocycles. The number of methoxy groups -OCH3 is 1. The fourth-order valence-electron chi connectivity index (χ4n) is 2.00. The van der Waals surface area contributed by atoms with E-state index in [1.807, 2.05) is 0 Å². The topological polar surface area (TPSA) is 90.7 Å². The molecule has 0 radical (unpaired) electrons. The van der Waals surface area contributed by atoms with Gasteiger partial charge in [-0.1, -0.05) is 0 Å². The zero-order chi connectivity index (χ0) is 13.9. The summed E-state index contributed by atoms with van der Waals surface area (Å²) in [7, 11) is -2.02. The first-order valence-corrected chi connectivity index (χ1v) is 7.52. The fourth-order valence-corrected chi connectivity index (χ4v) is 3.30. The monoisotopic (exact) mass is 286 g/mol. The molecule has 2 rings (SSSR count). The van der Waals surface area contributed by atoms with Crippen LogP contribution in [0.4, 0.5) is 0 Å². The van der Waals surface area contributed by atoms with Gasteiger partial charge in [0, 0.05) is 24.8 Å². The van der Waals surface area contributed by atoms with E-state index in [-0.39, 0.29) is 17.5 Å². The Morgan fingerprint density at radius 1 is 1.53 bits per heavy atom. The Bertz CT molecular complexity index is 539. The van der Waals surface area contributed by atoms with E-state index < -0.39 is 10.0 Å². The van der Waals surface area contributed by atoms with Crippen molar-refractivity contribution in [3.63, 3.8) is 0 Å². The highest BCUT2D eigenvalue weighted by molar-refractivity contribution is 7.89. The zero-order valence-electron chi connectivity index (χ0n) is 10.8. The second-order valence-electron chi connectivity index (χ2n) is 4.36. The Labute approximate surface area is 112 Å². The first-order chi connectivity index (χ1) is 9.06. The Morgan fingerprint density at radius 2 is 2.32 bits per heavy atom. The highest BCUT2D eigenvalue weighted by Gasteiger charge is 2.24. The summed E-state index contributed by atoms with van der Waals surface area (Å²) in [6, 6.07) is 4.50. The second kappa shape index (κ2) is 5.87. The van der Waals surface area contributed by atoms with E-state index in [1.54, 1.807) is 6.07 Å². The standard InChI is InChI=1S/C12H18N2O4S/c1-17-12-3-2-11(6-9(12)7-13)19(15,16)14-10-4-5-18-8-10/h2-3,6,10,14H,4-5,7-8,13H2,1H3. The zero-order valence-corrected chi connectivity index (χ0v) is 11.6. The van der Waals surface area contributed by atoms with E-state index in [0.717, 1.165) is 0 Å². The number of sulfonamides is 1. The molecule has 1 heterocycles. The van der Waals surface area contributed by atoms with Crippen LogP contribution in [0.5, 0.6) is 5.75 Å². The molecule has 0 bridgehead atoms. The van der Waals surface area contributed by atoms with Gasteiger partial charge in [0.05, 0.1) is 18.6 Å². The molecule has 1 fully saturated rings. The molecule has 1 unspecified atom stereocenters. The summed E-state index contributed by atoms with van der Waals surface area (Å²) in [5.74, 6) is 0.589. The molecule has 0 aromatic heterocycles. The maximum atomic E-state index is 12.2. The van der Waals surface area contributed by atoms with Crippen LogP contribution in [-0.4, -0.2) is 34.8 Å². The predicted molar refractivity (Wildman–Crippen MR) is 70.4 cm³/mol. The molecule has 0 amide bonds. The molecule has 1 aromatic rings. The van der Waals surface area contributed by atoms with E-state index in [0.29, 0.717) is 30.9 Å². The summed E-state index contributed by atoms with van der Waals surface area (Å²) >= 11 is 0. The van der Waals surface area contributed by atoms with Crippen molar-refractivity contribution in [3.05, 3.63) is 23.8 Å². The number of benzene rings is 1. The van der Waals surface area contributed by atoms with Gasteiger partial charge in [-0.2, -0.15) is 0 Å². The fraction of sp³-hybridized carbons (Fsp3) is 0.500. The van der Waals surface area contributed by atoms with Crippen molar-refractivity contribution in [2.24, 2.45) is 5.73 Å². The lowest BCUT2D eigenvalue weighted by Crippen LogP contribution is -2.35. The van der Waals surface area contributed by atoms with Crippen molar-refractivity contribution >= 4 is 10.0 Å². The lowest BCUT2D eigenvalue weighted by Gasteiger charge is -2.13. The van der Waals surface area contributed by atoms with Gasteiger partial charge in [0.1, 0.15) is 5.75 Å². The van der Waals surface area contributed by atoms with Crippen LogP contribution in [0.1, 0.15) is 12.0 Å². The molecular formula is C12H18N2O4S. The van der Waals surface area contributed by atoms with Crippen molar-refractivity contribution in [2.45, 2.75) is 23.9 Å². The molecule has 1 aliphatic heterocycles. The molecular weight excluding hydrogens is 268 g/mol. The summed E-state index contributed by atoms with van der Waals surface area (Å²) < 4.78 is 37.3. The molecule has 0 spiro atoms. The van der Waals surface area contributed by atoms with Crippen molar-refractivity contribution < 1.29 is 17.9 Å². The summed E-state index contributed by atoms with van der Waals surface area (Å²) in [6.45, 7) is 1.22. The maximum Gasteiger partial charge on any atom is 0.240 e. The van der Waals surface area contributed by atoms with Crippen LogP contribution in [0.3, 0.4) is 0 Å². The Hall–Kier alpha value is -1.15. The van der Waals surface area contributed by atoms with Gasteiger partial charge in [-0.05, 0) is 24.6 Å². The minimum absolute atomic E-state index is 0.159. The third-order valence-electron chi connectivity index (χ3n) is 3.03. The summed E-state index contributed by atoms with van der Waals surface area (Å²) in [6.07, 6.45) is 0.694. The molecule has 1 saturated heterocycles. The third kappa shape index (κ3) is 3.24. The lowest BCUT2D eigenvalue weighted by molar-refractivity contribution is 0.192. The quantitative estimate of drug-likeness (QED) is 0.808. The van der Waals surface area contributed by atoms with Gasteiger partial charge in [0.2, 0.25) is 10.0 Å². The average molecular weight is 286 g/mol. The molecule has 1 atom stereocenters. The van der Waals surface area contributed by atoms with Crippen LogP contribution in [0.2, 0.25) is 0 Å². The highest BCUT2D eigenvalue weighted by atomic mass is 32.2. The van der Waals surface area contributed by atoms with Crippen LogP contribution in [0.15, 0.2) is 23.1 Å². The molecule has 7 heteroatoms. The largest absolute Gasteiger partial charge is 0.496 e. The van der Waals surface area contributed by atoms with Gasteiger partial charge < -0.3 is 15.2 Å². The Kier molecular flexibility index (Phi) is 4.41. The number of rotatable bonds is 5. The van der Waals surface area contributed by atoms with Crippen molar-refractivity contribution in [3.8, 4) is 5.75 Å².